The predicted molar refractivity (Wildman–Crippen MR) is 84.7 cm³/mol. The van der Waals surface area contributed by atoms with Gasteiger partial charge in [-0.15, -0.1) is 0 Å². The fourth-order valence-corrected chi connectivity index (χ4v) is 3.50. The molecule has 1 aliphatic rings. The maximum atomic E-state index is 12.0. The first kappa shape index (κ1) is 16.2. The summed E-state index contributed by atoms with van der Waals surface area (Å²) in [5, 5.41) is 0. The van der Waals surface area contributed by atoms with Crippen molar-refractivity contribution in [3.63, 3.8) is 0 Å². The number of benzene rings is 1. The fourth-order valence-electron chi connectivity index (χ4n) is 3.50. The molecule has 0 nitrogen and oxygen atoms in total. The summed E-state index contributed by atoms with van der Waals surface area (Å²) in [7, 11) is 0. The molecule has 0 aromatic heterocycles. The van der Waals surface area contributed by atoms with Gasteiger partial charge in [0.25, 0.3) is 6.08 Å². The van der Waals surface area contributed by atoms with Gasteiger partial charge in [0.05, 0.1) is 0 Å². The van der Waals surface area contributed by atoms with Crippen molar-refractivity contribution in [3.8, 4) is 0 Å². The number of allylic oxidation sites excluding steroid dienone is 1. The van der Waals surface area contributed by atoms with Crippen molar-refractivity contribution in [3.05, 3.63) is 47.5 Å². The molecule has 0 bridgehead atoms. The van der Waals surface area contributed by atoms with Crippen LogP contribution in [0.4, 0.5) is 8.78 Å². The van der Waals surface area contributed by atoms with Crippen LogP contribution in [0, 0.1) is 5.92 Å². The molecule has 0 N–H and O–H groups in total. The van der Waals surface area contributed by atoms with Crippen molar-refractivity contribution >= 4 is 0 Å². The van der Waals surface area contributed by atoms with Crippen LogP contribution in [0.15, 0.2) is 36.4 Å². The number of rotatable bonds is 6. The highest BCUT2D eigenvalue weighted by molar-refractivity contribution is 5.26. The number of hydrogen-bond acceptors (Lipinski definition) is 0. The Morgan fingerprint density at radius 2 is 1.76 bits per heavy atom. The summed E-state index contributed by atoms with van der Waals surface area (Å²) in [5.41, 5.74) is 2.58. The SMILES string of the molecule is CCC[C@H]1CC[C@H](c2ccc(CCC=C(F)F)cc2)CC1. The van der Waals surface area contributed by atoms with E-state index in [1.54, 1.807) is 0 Å². The minimum absolute atomic E-state index is 0.420. The molecule has 0 spiro atoms. The lowest BCUT2D eigenvalue weighted by atomic mass is 9.77. The highest BCUT2D eigenvalue weighted by atomic mass is 19.3. The van der Waals surface area contributed by atoms with Gasteiger partial charge in [-0.1, -0.05) is 44.0 Å². The van der Waals surface area contributed by atoms with Crippen molar-refractivity contribution < 1.29 is 8.78 Å². The third-order valence-corrected chi connectivity index (χ3v) is 4.73. The Morgan fingerprint density at radius 1 is 1.10 bits per heavy atom. The summed E-state index contributed by atoms with van der Waals surface area (Å²) in [5.74, 6) is 1.64. The largest absolute Gasteiger partial charge is 0.266 e. The first-order valence-corrected chi connectivity index (χ1v) is 8.29. The van der Waals surface area contributed by atoms with Gasteiger partial charge in [-0.25, -0.2) is 0 Å². The summed E-state index contributed by atoms with van der Waals surface area (Å²) < 4.78 is 24.0. The zero-order chi connectivity index (χ0) is 15.1. The second kappa shape index (κ2) is 8.31. The lowest BCUT2D eigenvalue weighted by Crippen LogP contribution is -2.13. The Labute approximate surface area is 127 Å². The third kappa shape index (κ3) is 5.26. The van der Waals surface area contributed by atoms with Gasteiger partial charge in [0.1, 0.15) is 0 Å². The van der Waals surface area contributed by atoms with E-state index >= 15 is 0 Å². The van der Waals surface area contributed by atoms with Crippen molar-refractivity contribution in [1.82, 2.24) is 0 Å². The first-order valence-electron chi connectivity index (χ1n) is 8.29. The molecule has 1 aromatic rings. The Hall–Kier alpha value is -1.18. The molecule has 2 heteroatoms. The van der Waals surface area contributed by atoms with Crippen LogP contribution in [-0.2, 0) is 6.42 Å². The summed E-state index contributed by atoms with van der Waals surface area (Å²) in [6.45, 7) is 2.27. The molecule has 1 saturated carbocycles. The predicted octanol–water partition coefficient (Wildman–Crippen LogP) is 6.47. The van der Waals surface area contributed by atoms with Crippen LogP contribution in [0.5, 0.6) is 0 Å². The standard InChI is InChI=1S/C19H26F2/c1-2-4-15-7-11-17(12-8-15)18-13-9-16(10-14-18)5-3-6-19(20)21/h6,9-10,13-15,17H,2-5,7-8,11-12H2,1H3/t15-,17-. The van der Waals surface area contributed by atoms with E-state index in [0.29, 0.717) is 18.8 Å². The summed E-state index contributed by atoms with van der Waals surface area (Å²) in [6, 6.07) is 8.63. The van der Waals surface area contributed by atoms with E-state index in [9.17, 15) is 8.78 Å². The maximum absolute atomic E-state index is 12.0. The highest BCUT2D eigenvalue weighted by Gasteiger charge is 2.21. The highest BCUT2D eigenvalue weighted by Crippen LogP contribution is 2.37. The normalized spacial score (nSPS) is 22.0. The zero-order valence-electron chi connectivity index (χ0n) is 13.0. The van der Waals surface area contributed by atoms with Crippen LogP contribution in [0.2, 0.25) is 0 Å². The summed E-state index contributed by atoms with van der Waals surface area (Å²) >= 11 is 0. The van der Waals surface area contributed by atoms with Crippen LogP contribution in [0.25, 0.3) is 0 Å². The van der Waals surface area contributed by atoms with E-state index in [4.69, 9.17) is 0 Å². The Morgan fingerprint density at radius 3 is 2.33 bits per heavy atom. The van der Waals surface area contributed by atoms with Crippen LogP contribution >= 0.6 is 0 Å². The van der Waals surface area contributed by atoms with Gasteiger partial charge < -0.3 is 0 Å². The second-order valence-electron chi connectivity index (χ2n) is 6.28. The van der Waals surface area contributed by atoms with Crippen molar-refractivity contribution in [2.75, 3.05) is 0 Å². The van der Waals surface area contributed by atoms with E-state index in [0.717, 1.165) is 17.6 Å². The minimum atomic E-state index is -1.57. The molecule has 1 aliphatic carbocycles. The molecule has 116 valence electrons. The molecular weight excluding hydrogens is 266 g/mol. The molecule has 0 radical (unpaired) electrons. The van der Waals surface area contributed by atoms with Gasteiger partial charge in [-0.2, -0.15) is 8.78 Å². The Balaban J connectivity index is 1.84. The van der Waals surface area contributed by atoms with Gasteiger partial charge in [0.15, 0.2) is 0 Å². The quantitative estimate of drug-likeness (QED) is 0.563. The molecule has 21 heavy (non-hydrogen) atoms. The van der Waals surface area contributed by atoms with Crippen molar-refractivity contribution in [2.45, 2.75) is 64.2 Å². The average molecular weight is 292 g/mol. The molecule has 0 aliphatic heterocycles. The minimum Gasteiger partial charge on any atom is -0.174 e. The van der Waals surface area contributed by atoms with E-state index in [1.807, 2.05) is 0 Å². The van der Waals surface area contributed by atoms with Crippen molar-refractivity contribution in [1.29, 1.82) is 0 Å². The molecule has 0 saturated heterocycles. The molecule has 0 atom stereocenters. The van der Waals surface area contributed by atoms with Crippen molar-refractivity contribution in [2.24, 2.45) is 5.92 Å². The van der Waals surface area contributed by atoms with E-state index in [2.05, 4.69) is 31.2 Å². The molecule has 2 rings (SSSR count). The maximum Gasteiger partial charge on any atom is 0.266 e. The molecule has 1 fully saturated rings. The third-order valence-electron chi connectivity index (χ3n) is 4.73. The number of hydrogen-bond donors (Lipinski definition) is 0. The molecular formula is C19H26F2. The van der Waals surface area contributed by atoms with Crippen LogP contribution < -0.4 is 0 Å². The van der Waals surface area contributed by atoms with E-state index in [1.165, 1.54) is 44.1 Å². The van der Waals surface area contributed by atoms with Gasteiger partial charge in [-0.05, 0) is 67.6 Å². The average Bonchev–Trinajstić information content (AvgIpc) is 2.49. The van der Waals surface area contributed by atoms with E-state index in [-0.39, 0.29) is 0 Å². The zero-order valence-corrected chi connectivity index (χ0v) is 13.0. The topological polar surface area (TPSA) is 0 Å². The molecule has 0 unspecified atom stereocenters. The van der Waals surface area contributed by atoms with Gasteiger partial charge in [0.2, 0.25) is 0 Å². The van der Waals surface area contributed by atoms with Crippen LogP contribution in [0.3, 0.4) is 0 Å². The second-order valence-corrected chi connectivity index (χ2v) is 6.28. The first-order chi connectivity index (χ1) is 10.2. The van der Waals surface area contributed by atoms with Crippen LogP contribution in [-0.4, -0.2) is 0 Å². The fraction of sp³-hybridized carbons (Fsp3) is 0.579. The van der Waals surface area contributed by atoms with Gasteiger partial charge in [0, 0.05) is 0 Å². The lowest BCUT2D eigenvalue weighted by Gasteiger charge is -2.28. The van der Waals surface area contributed by atoms with Crippen LogP contribution in [0.1, 0.15) is 68.9 Å². The molecule has 1 aromatic carbocycles. The Bertz CT molecular complexity index is 435. The molecule has 0 heterocycles. The number of halogens is 2. The monoisotopic (exact) mass is 292 g/mol. The molecule has 0 amide bonds. The number of aryl methyl sites for hydroxylation is 1. The summed E-state index contributed by atoms with van der Waals surface area (Å²) in [4.78, 5) is 0. The summed E-state index contributed by atoms with van der Waals surface area (Å²) in [6.07, 6.45) is 8.56. The van der Waals surface area contributed by atoms with Gasteiger partial charge >= 0.3 is 0 Å². The Kier molecular flexibility index (Phi) is 6.41. The lowest BCUT2D eigenvalue weighted by molar-refractivity contribution is 0.308. The van der Waals surface area contributed by atoms with E-state index < -0.39 is 6.08 Å². The van der Waals surface area contributed by atoms with Gasteiger partial charge in [-0.3, -0.25) is 0 Å². The smallest absolute Gasteiger partial charge is 0.174 e.